The second-order valence-electron chi connectivity index (χ2n) is 14.7. The minimum atomic E-state index is 0.739. The first-order valence-corrected chi connectivity index (χ1v) is 19.2. The standard InChI is InChI=1S/C50H34N6O/c1-52-31-54(42-24-11-10-23-41(42)52)33-17-14-18-34(29-33)57-35-26-27-38-43(30-35)56(44-25-12-13-28-51-44)48-45(38)46-37-20-7-9-22-40(37)55(32-15-4-3-5-16-32)50(46)49-47(48)36-19-6-8-21-39(36)53(49)2/h3-30H,1-2H3. The minimum absolute atomic E-state index is 0.739. The summed E-state index contributed by atoms with van der Waals surface area (Å²) < 4.78 is 18.0. The number of fused-ring (bicyclic) bond motifs is 13. The zero-order valence-corrected chi connectivity index (χ0v) is 31.3. The van der Waals surface area contributed by atoms with Crippen molar-refractivity contribution in [2.45, 2.75) is 0 Å². The van der Waals surface area contributed by atoms with Crippen LogP contribution in [0.2, 0.25) is 0 Å². The summed E-state index contributed by atoms with van der Waals surface area (Å²) in [6.45, 7) is 0. The summed E-state index contributed by atoms with van der Waals surface area (Å²) in [5.74, 6) is 2.33. The van der Waals surface area contributed by atoms with Crippen LogP contribution in [0.3, 0.4) is 0 Å². The highest BCUT2D eigenvalue weighted by Crippen LogP contribution is 2.49. The minimum Gasteiger partial charge on any atom is -0.458 e. The number of ether oxygens (including phenoxy) is 1. The lowest BCUT2D eigenvalue weighted by Gasteiger charge is -2.12. The van der Waals surface area contributed by atoms with Gasteiger partial charge in [0.05, 0.1) is 51.4 Å². The molecule has 57 heavy (non-hydrogen) atoms. The zero-order valence-electron chi connectivity index (χ0n) is 31.3. The van der Waals surface area contributed by atoms with Gasteiger partial charge in [-0.3, -0.25) is 4.57 Å². The number of benzene rings is 7. The molecule has 0 radical (unpaired) electrons. The van der Waals surface area contributed by atoms with Crippen molar-refractivity contribution in [3.8, 4) is 28.7 Å². The van der Waals surface area contributed by atoms with Gasteiger partial charge in [-0.2, -0.15) is 0 Å². The molecule has 0 spiro atoms. The molecule has 0 aliphatic heterocycles. The maximum absolute atomic E-state index is 6.76. The molecule has 5 heterocycles. The van der Waals surface area contributed by atoms with Crippen LogP contribution in [0.25, 0.3) is 93.6 Å². The lowest BCUT2D eigenvalue weighted by Crippen LogP contribution is -2.29. The highest BCUT2D eigenvalue weighted by molar-refractivity contribution is 6.40. The molecule has 0 saturated heterocycles. The molecule has 0 atom stereocenters. The molecule has 0 unspecified atom stereocenters. The maximum atomic E-state index is 6.76. The second-order valence-corrected chi connectivity index (χ2v) is 14.7. The van der Waals surface area contributed by atoms with Crippen molar-refractivity contribution >= 4 is 76.5 Å². The Kier molecular flexibility index (Phi) is 6.63. The van der Waals surface area contributed by atoms with Gasteiger partial charge in [0.15, 0.2) is 0 Å². The summed E-state index contributed by atoms with van der Waals surface area (Å²) in [6, 6.07) is 57.5. The lowest BCUT2D eigenvalue weighted by molar-refractivity contribution is -0.572. The zero-order chi connectivity index (χ0) is 37.8. The van der Waals surface area contributed by atoms with Gasteiger partial charge >= 0.3 is 0 Å². The first-order valence-electron chi connectivity index (χ1n) is 19.2. The number of rotatable bonds is 5. The third kappa shape index (κ3) is 4.48. The van der Waals surface area contributed by atoms with Crippen LogP contribution >= 0.6 is 0 Å². The third-order valence-electron chi connectivity index (χ3n) is 11.6. The smallest absolute Gasteiger partial charge is 0.244 e. The highest BCUT2D eigenvalue weighted by atomic mass is 16.5. The molecule has 0 N–H and O–H groups in total. The number of nitrogens with zero attached hydrogens (tertiary/aromatic N) is 6. The van der Waals surface area contributed by atoms with Gasteiger partial charge in [-0.1, -0.05) is 97.1 Å². The van der Waals surface area contributed by atoms with Crippen LogP contribution in [0.15, 0.2) is 170 Å². The number of para-hydroxylation sites is 5. The molecular formula is C50H34N6O. The molecule has 12 rings (SSSR count). The van der Waals surface area contributed by atoms with E-state index in [0.29, 0.717) is 0 Å². The van der Waals surface area contributed by atoms with Crippen molar-refractivity contribution in [2.24, 2.45) is 14.1 Å². The summed E-state index contributed by atoms with van der Waals surface area (Å²) in [7, 11) is 4.22. The quantitative estimate of drug-likeness (QED) is 0.131. The van der Waals surface area contributed by atoms with Gasteiger partial charge in [-0.05, 0) is 60.7 Å². The first kappa shape index (κ1) is 31.7. The van der Waals surface area contributed by atoms with Gasteiger partial charge in [-0.25, -0.2) is 4.98 Å². The predicted octanol–water partition coefficient (Wildman–Crippen LogP) is 11.3. The van der Waals surface area contributed by atoms with Crippen LogP contribution < -0.4 is 9.30 Å². The summed E-state index contributed by atoms with van der Waals surface area (Å²) in [6.07, 6.45) is 5.33. The molecule has 5 aromatic heterocycles. The van der Waals surface area contributed by atoms with Crippen LogP contribution in [0.4, 0.5) is 0 Å². The summed E-state index contributed by atoms with van der Waals surface area (Å²) in [5.41, 5.74) is 11.1. The molecule has 0 saturated carbocycles. The van der Waals surface area contributed by atoms with Crippen molar-refractivity contribution < 1.29 is 9.30 Å². The van der Waals surface area contributed by atoms with Crippen LogP contribution in [-0.4, -0.2) is 23.3 Å². The monoisotopic (exact) mass is 734 g/mol. The molecule has 270 valence electrons. The molecule has 7 aromatic carbocycles. The Morgan fingerprint density at radius 3 is 2.02 bits per heavy atom. The molecule has 0 aliphatic rings. The van der Waals surface area contributed by atoms with Gasteiger partial charge in [0, 0.05) is 62.8 Å². The number of aromatic nitrogens is 6. The Morgan fingerprint density at radius 2 is 1.19 bits per heavy atom. The van der Waals surface area contributed by atoms with Gasteiger partial charge in [0.25, 0.3) is 0 Å². The fraction of sp³-hybridized carbons (Fsp3) is 0.0400. The Labute approximate surface area is 327 Å². The van der Waals surface area contributed by atoms with Crippen molar-refractivity contribution in [3.05, 3.63) is 176 Å². The molecular weight excluding hydrogens is 701 g/mol. The SMILES string of the molecule is Cn1[c-][n+](-c2cccc(Oc3ccc4c5c6c7ccccc7n(-c7ccccc7)c6c6c(c7ccccc7n6C)c5n(-c5ccccn5)c4c3)c2)c2ccccc21. The number of hydrogen-bond acceptors (Lipinski definition) is 2. The number of imidazole rings is 1. The Morgan fingerprint density at radius 1 is 0.509 bits per heavy atom. The summed E-state index contributed by atoms with van der Waals surface area (Å²) >= 11 is 0. The van der Waals surface area contributed by atoms with E-state index in [1.54, 1.807) is 0 Å². The molecule has 0 fully saturated rings. The van der Waals surface area contributed by atoms with Crippen molar-refractivity contribution in [2.75, 3.05) is 0 Å². The molecule has 0 aliphatic carbocycles. The predicted molar refractivity (Wildman–Crippen MR) is 230 cm³/mol. The number of hydrogen-bond donors (Lipinski definition) is 0. The van der Waals surface area contributed by atoms with Crippen molar-refractivity contribution in [3.63, 3.8) is 0 Å². The third-order valence-corrected chi connectivity index (χ3v) is 11.6. The van der Waals surface area contributed by atoms with E-state index in [2.05, 4.69) is 177 Å². The first-order chi connectivity index (χ1) is 28.1. The average Bonchev–Trinajstić information content (AvgIpc) is 3.98. The Hall–Kier alpha value is -7.64. The van der Waals surface area contributed by atoms with E-state index in [1.165, 1.54) is 43.5 Å². The topological polar surface area (TPSA) is 45.7 Å². The van der Waals surface area contributed by atoms with E-state index >= 15 is 0 Å². The fourth-order valence-corrected chi connectivity index (χ4v) is 9.23. The second kappa shape index (κ2) is 11.9. The average molecular weight is 735 g/mol. The van der Waals surface area contributed by atoms with E-state index < -0.39 is 0 Å². The number of aryl methyl sites for hydroxylation is 2. The van der Waals surface area contributed by atoms with Crippen LogP contribution in [0.5, 0.6) is 11.5 Å². The van der Waals surface area contributed by atoms with Gasteiger partial charge < -0.3 is 23.0 Å². The summed E-state index contributed by atoms with van der Waals surface area (Å²) in [4.78, 5) is 5.00. The van der Waals surface area contributed by atoms with Crippen LogP contribution in [0.1, 0.15) is 0 Å². The molecule has 7 heteroatoms. The molecule has 0 bridgehead atoms. The van der Waals surface area contributed by atoms with Gasteiger partial charge in [-0.15, -0.1) is 0 Å². The normalized spacial score (nSPS) is 12.0. The highest BCUT2D eigenvalue weighted by Gasteiger charge is 2.28. The van der Waals surface area contributed by atoms with Crippen LogP contribution in [0, 0.1) is 6.33 Å². The Balaban J connectivity index is 1.19. The van der Waals surface area contributed by atoms with E-state index in [4.69, 9.17) is 9.72 Å². The van der Waals surface area contributed by atoms with Gasteiger partial charge in [0.2, 0.25) is 6.33 Å². The maximum Gasteiger partial charge on any atom is 0.244 e. The van der Waals surface area contributed by atoms with E-state index in [-0.39, 0.29) is 0 Å². The molecule has 0 amide bonds. The van der Waals surface area contributed by atoms with Crippen molar-refractivity contribution in [1.82, 2.24) is 23.3 Å². The Bertz CT molecular complexity index is 3570. The van der Waals surface area contributed by atoms with Crippen molar-refractivity contribution in [1.29, 1.82) is 0 Å². The molecule has 7 nitrogen and oxygen atoms in total. The summed E-state index contributed by atoms with van der Waals surface area (Å²) in [5, 5.41) is 7.13. The van der Waals surface area contributed by atoms with Gasteiger partial charge in [0.1, 0.15) is 17.3 Å². The fourth-order valence-electron chi connectivity index (χ4n) is 9.23. The van der Waals surface area contributed by atoms with E-state index in [9.17, 15) is 0 Å². The van der Waals surface area contributed by atoms with Crippen LogP contribution in [-0.2, 0) is 14.1 Å². The van der Waals surface area contributed by atoms with E-state index in [0.717, 1.165) is 61.7 Å². The largest absolute Gasteiger partial charge is 0.458 e. The molecule has 12 aromatic rings. The van der Waals surface area contributed by atoms with E-state index in [1.807, 2.05) is 36.0 Å². The lowest BCUT2D eigenvalue weighted by atomic mass is 10.0. The number of pyridine rings is 1.